The molecule has 0 fully saturated rings. The molecule has 0 aliphatic heterocycles. The molecule has 0 spiro atoms. The van der Waals surface area contributed by atoms with Crippen LogP contribution in [-0.2, 0) is 17.6 Å². The van der Waals surface area contributed by atoms with Gasteiger partial charge in [-0.25, -0.2) is 0 Å². The van der Waals surface area contributed by atoms with Gasteiger partial charge >= 0.3 is 0 Å². The zero-order chi connectivity index (χ0) is 16.4. The minimum Gasteiger partial charge on any atom is -0.356 e. The smallest absolute Gasteiger partial charge is 0.232 e. The average Bonchev–Trinajstić information content (AvgIpc) is 3.07. The standard InChI is InChI=1S/C16H18N4O2S/c1-4-5-14-18-19-16(23-14)17-13(21)8-11-15-10(3)6-9(2)7-12(15)22-20-11/h6-7H,4-5,8H2,1-3H3,(H,17,19,21). The van der Waals surface area contributed by atoms with Gasteiger partial charge in [0.1, 0.15) is 10.7 Å². The number of amides is 1. The topological polar surface area (TPSA) is 80.9 Å². The molecule has 2 heterocycles. The molecule has 0 radical (unpaired) electrons. The Balaban J connectivity index is 1.75. The molecular weight excluding hydrogens is 312 g/mol. The molecule has 1 aromatic carbocycles. The molecule has 2 aromatic heterocycles. The number of benzene rings is 1. The fraction of sp³-hybridized carbons (Fsp3) is 0.375. The van der Waals surface area contributed by atoms with Crippen molar-refractivity contribution >= 4 is 33.3 Å². The third-order valence-electron chi connectivity index (χ3n) is 3.49. The minimum atomic E-state index is -0.167. The molecule has 7 heteroatoms. The second-order valence-corrected chi connectivity index (χ2v) is 6.62. The highest BCUT2D eigenvalue weighted by Crippen LogP contribution is 2.25. The Labute approximate surface area is 137 Å². The van der Waals surface area contributed by atoms with Gasteiger partial charge in [0.15, 0.2) is 5.58 Å². The summed E-state index contributed by atoms with van der Waals surface area (Å²) in [4.78, 5) is 12.2. The van der Waals surface area contributed by atoms with E-state index in [2.05, 4.69) is 33.7 Å². The van der Waals surface area contributed by atoms with Gasteiger partial charge in [0.2, 0.25) is 11.0 Å². The predicted molar refractivity (Wildman–Crippen MR) is 89.7 cm³/mol. The molecule has 0 bridgehead atoms. The summed E-state index contributed by atoms with van der Waals surface area (Å²) in [5.41, 5.74) is 3.53. The predicted octanol–water partition coefficient (Wildman–Crippen LogP) is 3.43. The van der Waals surface area contributed by atoms with Crippen molar-refractivity contribution < 1.29 is 9.32 Å². The number of nitrogens with one attached hydrogen (secondary N) is 1. The van der Waals surface area contributed by atoms with Gasteiger partial charge in [-0.1, -0.05) is 29.5 Å². The van der Waals surface area contributed by atoms with Crippen molar-refractivity contribution in [3.8, 4) is 0 Å². The van der Waals surface area contributed by atoms with E-state index in [1.807, 2.05) is 19.9 Å². The van der Waals surface area contributed by atoms with Crippen molar-refractivity contribution in [2.75, 3.05) is 5.32 Å². The Hall–Kier alpha value is -2.28. The number of fused-ring (bicyclic) bond motifs is 1. The Morgan fingerprint density at radius 1 is 1.30 bits per heavy atom. The van der Waals surface area contributed by atoms with Crippen molar-refractivity contribution in [1.82, 2.24) is 15.4 Å². The number of carbonyl (C=O) groups excluding carboxylic acids is 1. The highest BCUT2D eigenvalue weighted by molar-refractivity contribution is 7.15. The van der Waals surface area contributed by atoms with Gasteiger partial charge in [-0.3, -0.25) is 4.79 Å². The number of carbonyl (C=O) groups is 1. The van der Waals surface area contributed by atoms with Gasteiger partial charge in [0.25, 0.3) is 0 Å². The number of rotatable bonds is 5. The van der Waals surface area contributed by atoms with Crippen LogP contribution in [0.1, 0.15) is 35.2 Å². The summed E-state index contributed by atoms with van der Waals surface area (Å²) in [5.74, 6) is -0.167. The van der Waals surface area contributed by atoms with E-state index < -0.39 is 0 Å². The first kappa shape index (κ1) is 15.6. The van der Waals surface area contributed by atoms with Crippen LogP contribution in [0.5, 0.6) is 0 Å². The van der Waals surface area contributed by atoms with E-state index in [0.29, 0.717) is 16.4 Å². The van der Waals surface area contributed by atoms with Crippen molar-refractivity contribution in [2.45, 2.75) is 40.0 Å². The fourth-order valence-electron chi connectivity index (χ4n) is 2.58. The second-order valence-electron chi connectivity index (χ2n) is 5.56. The zero-order valence-corrected chi connectivity index (χ0v) is 14.2. The Morgan fingerprint density at radius 3 is 2.91 bits per heavy atom. The molecule has 23 heavy (non-hydrogen) atoms. The summed E-state index contributed by atoms with van der Waals surface area (Å²) >= 11 is 1.41. The van der Waals surface area contributed by atoms with Crippen LogP contribution in [0, 0.1) is 13.8 Å². The molecule has 0 saturated carbocycles. The second kappa shape index (κ2) is 6.45. The molecule has 120 valence electrons. The van der Waals surface area contributed by atoms with Crippen LogP contribution in [0.15, 0.2) is 16.7 Å². The molecule has 1 N–H and O–H groups in total. The van der Waals surface area contributed by atoms with E-state index >= 15 is 0 Å². The molecule has 3 rings (SSSR count). The van der Waals surface area contributed by atoms with Gasteiger partial charge in [0.05, 0.1) is 6.42 Å². The first-order valence-corrected chi connectivity index (χ1v) is 8.36. The lowest BCUT2D eigenvalue weighted by Crippen LogP contribution is -2.14. The molecular formula is C16H18N4O2S. The number of nitrogens with zero attached hydrogens (tertiary/aromatic N) is 3. The Bertz CT molecular complexity index is 853. The maximum absolute atomic E-state index is 12.2. The first-order chi connectivity index (χ1) is 11.1. The number of hydrogen-bond acceptors (Lipinski definition) is 6. The van der Waals surface area contributed by atoms with Crippen molar-refractivity contribution in [3.05, 3.63) is 34.0 Å². The van der Waals surface area contributed by atoms with E-state index in [9.17, 15) is 4.79 Å². The quantitative estimate of drug-likeness (QED) is 0.775. The Kier molecular flexibility index (Phi) is 4.38. The summed E-state index contributed by atoms with van der Waals surface area (Å²) in [7, 11) is 0. The van der Waals surface area contributed by atoms with Crippen LogP contribution >= 0.6 is 11.3 Å². The summed E-state index contributed by atoms with van der Waals surface area (Å²) in [6.07, 6.45) is 2.03. The molecule has 0 aliphatic carbocycles. The Morgan fingerprint density at radius 2 is 2.13 bits per heavy atom. The highest BCUT2D eigenvalue weighted by Gasteiger charge is 2.16. The lowest BCUT2D eigenvalue weighted by Gasteiger charge is -2.01. The maximum atomic E-state index is 12.2. The molecule has 0 aliphatic rings. The van der Waals surface area contributed by atoms with Crippen molar-refractivity contribution in [2.24, 2.45) is 0 Å². The van der Waals surface area contributed by atoms with E-state index in [1.165, 1.54) is 11.3 Å². The van der Waals surface area contributed by atoms with Crippen LogP contribution < -0.4 is 5.32 Å². The van der Waals surface area contributed by atoms with Gasteiger partial charge in [-0.05, 0) is 37.5 Å². The van der Waals surface area contributed by atoms with Gasteiger partial charge in [-0.2, -0.15) is 0 Å². The van der Waals surface area contributed by atoms with E-state index in [4.69, 9.17) is 4.52 Å². The van der Waals surface area contributed by atoms with E-state index in [0.717, 1.165) is 34.4 Å². The lowest BCUT2D eigenvalue weighted by molar-refractivity contribution is -0.115. The normalized spacial score (nSPS) is 11.1. The van der Waals surface area contributed by atoms with Gasteiger partial charge in [0, 0.05) is 11.8 Å². The molecule has 1 amide bonds. The fourth-order valence-corrected chi connectivity index (χ4v) is 3.43. The summed E-state index contributed by atoms with van der Waals surface area (Å²) in [6, 6.07) is 3.99. The number of anilines is 1. The van der Waals surface area contributed by atoms with E-state index in [-0.39, 0.29) is 12.3 Å². The zero-order valence-electron chi connectivity index (χ0n) is 13.3. The summed E-state index contributed by atoms with van der Waals surface area (Å²) < 4.78 is 5.34. The number of hydrogen-bond donors (Lipinski definition) is 1. The van der Waals surface area contributed by atoms with Gasteiger partial charge in [-0.15, -0.1) is 10.2 Å². The monoisotopic (exact) mass is 330 g/mol. The molecule has 0 atom stereocenters. The largest absolute Gasteiger partial charge is 0.356 e. The number of aryl methyl sites for hydroxylation is 3. The highest BCUT2D eigenvalue weighted by atomic mass is 32.1. The maximum Gasteiger partial charge on any atom is 0.232 e. The first-order valence-electron chi connectivity index (χ1n) is 7.54. The van der Waals surface area contributed by atoms with Crippen LogP contribution in [-0.4, -0.2) is 21.3 Å². The van der Waals surface area contributed by atoms with Crippen LogP contribution in [0.2, 0.25) is 0 Å². The minimum absolute atomic E-state index is 0.152. The van der Waals surface area contributed by atoms with Crippen LogP contribution in [0.3, 0.4) is 0 Å². The third kappa shape index (κ3) is 3.39. The summed E-state index contributed by atoms with van der Waals surface area (Å²) in [5, 5.41) is 17.2. The van der Waals surface area contributed by atoms with Crippen LogP contribution in [0.25, 0.3) is 11.0 Å². The number of aromatic nitrogens is 3. The molecule has 0 saturated heterocycles. The third-order valence-corrected chi connectivity index (χ3v) is 4.39. The lowest BCUT2D eigenvalue weighted by atomic mass is 10.0. The van der Waals surface area contributed by atoms with E-state index in [1.54, 1.807) is 0 Å². The molecule has 3 aromatic rings. The molecule has 6 nitrogen and oxygen atoms in total. The van der Waals surface area contributed by atoms with Crippen molar-refractivity contribution in [1.29, 1.82) is 0 Å². The molecule has 0 unspecified atom stereocenters. The average molecular weight is 330 g/mol. The SMILES string of the molecule is CCCc1nnc(NC(=O)Cc2noc3cc(C)cc(C)c23)s1. The van der Waals surface area contributed by atoms with Gasteiger partial charge < -0.3 is 9.84 Å². The van der Waals surface area contributed by atoms with Crippen LogP contribution in [0.4, 0.5) is 5.13 Å². The van der Waals surface area contributed by atoms with Crippen molar-refractivity contribution in [3.63, 3.8) is 0 Å². The summed E-state index contributed by atoms with van der Waals surface area (Å²) in [6.45, 7) is 6.08.